The summed E-state index contributed by atoms with van der Waals surface area (Å²) in [7, 11) is 0. The topological polar surface area (TPSA) is 104 Å². The molecular weight excluding hydrogens is 294 g/mol. The molecular formula is C10H8BrNO5. The van der Waals surface area contributed by atoms with Crippen LogP contribution in [0.25, 0.3) is 0 Å². The first-order valence-electron chi connectivity index (χ1n) is 4.42. The van der Waals surface area contributed by atoms with Crippen LogP contribution in [-0.4, -0.2) is 33.4 Å². The molecule has 1 aromatic rings. The highest BCUT2D eigenvalue weighted by atomic mass is 79.9. The van der Waals surface area contributed by atoms with Crippen LogP contribution in [0.15, 0.2) is 18.2 Å². The van der Waals surface area contributed by atoms with Crippen molar-refractivity contribution in [1.82, 2.24) is 0 Å². The van der Waals surface area contributed by atoms with E-state index in [1.807, 2.05) is 0 Å². The molecule has 0 saturated heterocycles. The van der Waals surface area contributed by atoms with Crippen LogP contribution in [0, 0.1) is 0 Å². The van der Waals surface area contributed by atoms with Crippen molar-refractivity contribution >= 4 is 39.5 Å². The van der Waals surface area contributed by atoms with Crippen molar-refractivity contribution in [3.63, 3.8) is 0 Å². The Hall–Kier alpha value is -1.89. The molecule has 1 amide bonds. The largest absolute Gasteiger partial charge is 0.478 e. The quantitative estimate of drug-likeness (QED) is 0.730. The van der Waals surface area contributed by atoms with Crippen molar-refractivity contribution in [1.29, 1.82) is 0 Å². The minimum absolute atomic E-state index is 0.0206. The SMILES string of the molecule is O=C(CBr)Nc1ccc(C(=O)O)cc1C(=O)O. The zero-order valence-corrected chi connectivity index (χ0v) is 10.0. The van der Waals surface area contributed by atoms with E-state index in [9.17, 15) is 14.4 Å². The lowest BCUT2D eigenvalue weighted by atomic mass is 10.1. The van der Waals surface area contributed by atoms with Crippen LogP contribution < -0.4 is 5.32 Å². The Morgan fingerprint density at radius 1 is 1.18 bits per heavy atom. The number of hydrogen-bond donors (Lipinski definition) is 3. The average molecular weight is 302 g/mol. The second-order valence-electron chi connectivity index (χ2n) is 3.05. The summed E-state index contributed by atoms with van der Waals surface area (Å²) in [5.74, 6) is -2.96. The van der Waals surface area contributed by atoms with Gasteiger partial charge in [-0.1, -0.05) is 15.9 Å². The van der Waals surface area contributed by atoms with E-state index in [1.54, 1.807) is 0 Å². The van der Waals surface area contributed by atoms with E-state index in [0.717, 1.165) is 6.07 Å². The molecule has 0 aliphatic carbocycles. The number of rotatable bonds is 4. The highest BCUT2D eigenvalue weighted by Gasteiger charge is 2.15. The van der Waals surface area contributed by atoms with Crippen molar-refractivity contribution in [3.8, 4) is 0 Å². The molecule has 1 aromatic carbocycles. The van der Waals surface area contributed by atoms with Gasteiger partial charge in [0.25, 0.3) is 0 Å². The fourth-order valence-corrected chi connectivity index (χ4v) is 1.29. The maximum absolute atomic E-state index is 11.1. The molecule has 3 N–H and O–H groups in total. The van der Waals surface area contributed by atoms with Gasteiger partial charge in [-0.3, -0.25) is 4.79 Å². The molecule has 0 bridgehead atoms. The molecule has 1 rings (SSSR count). The lowest BCUT2D eigenvalue weighted by Gasteiger charge is -2.07. The van der Waals surface area contributed by atoms with Gasteiger partial charge in [0.1, 0.15) is 0 Å². The first-order valence-corrected chi connectivity index (χ1v) is 5.54. The van der Waals surface area contributed by atoms with E-state index in [1.165, 1.54) is 12.1 Å². The molecule has 17 heavy (non-hydrogen) atoms. The number of benzene rings is 1. The van der Waals surface area contributed by atoms with Gasteiger partial charge in [-0.2, -0.15) is 0 Å². The van der Waals surface area contributed by atoms with Crippen molar-refractivity contribution in [2.75, 3.05) is 10.6 Å². The minimum atomic E-state index is -1.31. The number of alkyl halides is 1. The summed E-state index contributed by atoms with van der Waals surface area (Å²) in [5.41, 5.74) is -0.356. The Morgan fingerprint density at radius 3 is 2.29 bits per heavy atom. The number of carbonyl (C=O) groups is 3. The van der Waals surface area contributed by atoms with E-state index in [0.29, 0.717) is 0 Å². The second-order valence-corrected chi connectivity index (χ2v) is 3.61. The fraction of sp³-hybridized carbons (Fsp3) is 0.100. The summed E-state index contributed by atoms with van der Waals surface area (Å²) >= 11 is 2.92. The predicted octanol–water partition coefficient (Wildman–Crippen LogP) is 1.42. The molecule has 0 aliphatic heterocycles. The number of carboxylic acid groups (broad SMARTS) is 2. The first-order chi connectivity index (χ1) is 7.95. The fourth-order valence-electron chi connectivity index (χ4n) is 1.15. The Balaban J connectivity index is 3.17. The van der Waals surface area contributed by atoms with Gasteiger partial charge in [0.05, 0.1) is 22.1 Å². The lowest BCUT2D eigenvalue weighted by molar-refractivity contribution is -0.113. The molecule has 0 saturated carbocycles. The van der Waals surface area contributed by atoms with Crippen LogP contribution >= 0.6 is 15.9 Å². The van der Waals surface area contributed by atoms with Crippen molar-refractivity contribution in [2.24, 2.45) is 0 Å². The number of halogens is 1. The first kappa shape index (κ1) is 13.2. The third-order valence-corrected chi connectivity index (χ3v) is 2.40. The van der Waals surface area contributed by atoms with E-state index < -0.39 is 17.8 Å². The number of aromatic carboxylic acids is 2. The average Bonchev–Trinajstić information content (AvgIpc) is 2.28. The maximum atomic E-state index is 11.1. The summed E-state index contributed by atoms with van der Waals surface area (Å²) in [4.78, 5) is 32.7. The molecule has 6 nitrogen and oxygen atoms in total. The zero-order valence-electron chi connectivity index (χ0n) is 8.44. The van der Waals surface area contributed by atoms with Gasteiger partial charge in [-0.15, -0.1) is 0 Å². The number of hydrogen-bond acceptors (Lipinski definition) is 3. The van der Waals surface area contributed by atoms with Crippen molar-refractivity contribution in [3.05, 3.63) is 29.3 Å². The molecule has 0 aliphatic rings. The molecule has 0 fully saturated rings. The van der Waals surface area contributed by atoms with Gasteiger partial charge in [-0.25, -0.2) is 9.59 Å². The molecule has 7 heteroatoms. The number of carboxylic acids is 2. The van der Waals surface area contributed by atoms with Crippen LogP contribution in [0.2, 0.25) is 0 Å². The standard InChI is InChI=1S/C10H8BrNO5/c11-4-8(13)12-7-2-1-5(9(14)15)3-6(7)10(16)17/h1-3H,4H2,(H,12,13)(H,14,15)(H,16,17). The van der Waals surface area contributed by atoms with Crippen LogP contribution in [0.3, 0.4) is 0 Å². The highest BCUT2D eigenvalue weighted by molar-refractivity contribution is 9.09. The maximum Gasteiger partial charge on any atom is 0.337 e. The predicted molar refractivity (Wildman–Crippen MR) is 62.8 cm³/mol. The Labute approximate surface area is 104 Å². The van der Waals surface area contributed by atoms with E-state index >= 15 is 0 Å². The van der Waals surface area contributed by atoms with Gasteiger partial charge in [0, 0.05) is 0 Å². The molecule has 0 spiro atoms. The van der Waals surface area contributed by atoms with Gasteiger partial charge >= 0.3 is 11.9 Å². The Morgan fingerprint density at radius 2 is 1.82 bits per heavy atom. The number of anilines is 1. The van der Waals surface area contributed by atoms with Crippen LogP contribution in [0.4, 0.5) is 5.69 Å². The monoisotopic (exact) mass is 301 g/mol. The van der Waals surface area contributed by atoms with Gasteiger partial charge in [0.2, 0.25) is 5.91 Å². The molecule has 0 heterocycles. The number of nitrogens with one attached hydrogen (secondary N) is 1. The van der Waals surface area contributed by atoms with Crippen LogP contribution in [0.5, 0.6) is 0 Å². The van der Waals surface area contributed by atoms with Gasteiger partial charge in [-0.05, 0) is 18.2 Å². The summed E-state index contributed by atoms with van der Waals surface area (Å²) in [6, 6.07) is 3.46. The normalized spacial score (nSPS) is 9.71. The molecule has 0 unspecified atom stereocenters. The highest BCUT2D eigenvalue weighted by Crippen LogP contribution is 2.18. The lowest BCUT2D eigenvalue weighted by Crippen LogP contribution is -2.16. The second kappa shape index (κ2) is 5.44. The van der Waals surface area contributed by atoms with Crippen molar-refractivity contribution in [2.45, 2.75) is 0 Å². The molecule has 90 valence electrons. The van der Waals surface area contributed by atoms with Gasteiger partial charge in [0.15, 0.2) is 0 Å². The van der Waals surface area contributed by atoms with Crippen molar-refractivity contribution < 1.29 is 24.6 Å². The zero-order chi connectivity index (χ0) is 13.0. The van der Waals surface area contributed by atoms with E-state index in [-0.39, 0.29) is 22.1 Å². The van der Waals surface area contributed by atoms with E-state index in [4.69, 9.17) is 10.2 Å². The number of carbonyl (C=O) groups excluding carboxylic acids is 1. The molecule has 0 aromatic heterocycles. The summed E-state index contributed by atoms with van der Waals surface area (Å²) in [6.45, 7) is 0. The third kappa shape index (κ3) is 3.28. The van der Waals surface area contributed by atoms with E-state index in [2.05, 4.69) is 21.2 Å². The molecule has 0 radical (unpaired) electrons. The summed E-state index contributed by atoms with van der Waals surface area (Å²) < 4.78 is 0. The Bertz CT molecular complexity index is 486. The third-order valence-electron chi connectivity index (χ3n) is 1.89. The van der Waals surface area contributed by atoms with Crippen LogP contribution in [-0.2, 0) is 4.79 Å². The Kier molecular flexibility index (Phi) is 4.22. The summed E-state index contributed by atoms with van der Waals surface area (Å²) in [6.07, 6.45) is 0. The van der Waals surface area contributed by atoms with Crippen LogP contribution in [0.1, 0.15) is 20.7 Å². The van der Waals surface area contributed by atoms with Gasteiger partial charge < -0.3 is 15.5 Å². The minimum Gasteiger partial charge on any atom is -0.478 e. The summed E-state index contributed by atoms with van der Waals surface area (Å²) in [5, 5.41) is 20.0. The molecule has 0 atom stereocenters. The smallest absolute Gasteiger partial charge is 0.337 e. The number of amides is 1.